The third kappa shape index (κ3) is 4.49. The number of methoxy groups -OCH3 is 2. The number of hydrogen-bond acceptors (Lipinski definition) is 3. The van der Waals surface area contributed by atoms with Gasteiger partial charge in [-0.2, -0.15) is 0 Å². The van der Waals surface area contributed by atoms with E-state index in [1.54, 1.807) is 14.2 Å². The lowest BCUT2D eigenvalue weighted by atomic mass is 9.76. The second kappa shape index (κ2) is 6.46. The second-order valence-corrected chi connectivity index (χ2v) is 4.90. The summed E-state index contributed by atoms with van der Waals surface area (Å²) in [5.41, 5.74) is 0.490. The van der Waals surface area contributed by atoms with E-state index in [-0.39, 0.29) is 6.29 Å². The number of ether oxygens (including phenoxy) is 2. The van der Waals surface area contributed by atoms with E-state index in [4.69, 9.17) is 9.47 Å². The van der Waals surface area contributed by atoms with Gasteiger partial charge in [-0.3, -0.25) is 0 Å². The normalized spacial score (nSPS) is 20.8. The Morgan fingerprint density at radius 3 is 2.27 bits per heavy atom. The van der Waals surface area contributed by atoms with Crippen LogP contribution in [0.25, 0.3) is 0 Å². The summed E-state index contributed by atoms with van der Waals surface area (Å²) in [5, 5.41) is 3.45. The van der Waals surface area contributed by atoms with Crippen LogP contribution in [-0.4, -0.2) is 33.6 Å². The van der Waals surface area contributed by atoms with Gasteiger partial charge in [-0.25, -0.2) is 0 Å². The maximum atomic E-state index is 5.14. The zero-order valence-corrected chi connectivity index (χ0v) is 10.3. The molecule has 0 atom stereocenters. The first-order valence-corrected chi connectivity index (χ1v) is 5.96. The fraction of sp³-hybridized carbons (Fsp3) is 1.00. The van der Waals surface area contributed by atoms with Gasteiger partial charge in [0.1, 0.15) is 0 Å². The molecule has 1 saturated carbocycles. The van der Waals surface area contributed by atoms with Crippen LogP contribution in [0.5, 0.6) is 0 Å². The van der Waals surface area contributed by atoms with Gasteiger partial charge >= 0.3 is 0 Å². The molecule has 0 saturated heterocycles. The Labute approximate surface area is 93.5 Å². The van der Waals surface area contributed by atoms with Crippen molar-refractivity contribution in [3.63, 3.8) is 0 Å². The summed E-state index contributed by atoms with van der Waals surface area (Å²) in [6.07, 6.45) is 6.77. The molecule has 0 amide bonds. The molecule has 1 rings (SSSR count). The molecule has 0 aromatic heterocycles. The summed E-state index contributed by atoms with van der Waals surface area (Å²) < 4.78 is 10.3. The molecule has 0 aromatic rings. The molecule has 15 heavy (non-hydrogen) atoms. The highest BCUT2D eigenvalue weighted by atomic mass is 16.7. The molecule has 3 heteroatoms. The summed E-state index contributed by atoms with van der Waals surface area (Å²) >= 11 is 0. The van der Waals surface area contributed by atoms with Crippen LogP contribution < -0.4 is 5.32 Å². The standard InChI is InChI=1S/C12H25NO2/c1-12(7-5-4-6-8-12)10-13-9-11(14-2)15-3/h11,13H,4-10H2,1-3H3. The van der Waals surface area contributed by atoms with E-state index >= 15 is 0 Å². The first-order valence-electron chi connectivity index (χ1n) is 5.96. The minimum absolute atomic E-state index is 0.114. The van der Waals surface area contributed by atoms with E-state index in [0.717, 1.165) is 13.1 Å². The maximum Gasteiger partial charge on any atom is 0.169 e. The summed E-state index contributed by atoms with van der Waals surface area (Å²) in [6, 6.07) is 0. The molecule has 1 N–H and O–H groups in total. The third-order valence-electron chi connectivity index (χ3n) is 3.45. The van der Waals surface area contributed by atoms with Gasteiger partial charge in [0.2, 0.25) is 0 Å². The van der Waals surface area contributed by atoms with E-state index in [0.29, 0.717) is 5.41 Å². The van der Waals surface area contributed by atoms with Crippen LogP contribution in [0.2, 0.25) is 0 Å². The Balaban J connectivity index is 2.17. The van der Waals surface area contributed by atoms with Crippen LogP contribution >= 0.6 is 0 Å². The van der Waals surface area contributed by atoms with Crippen molar-refractivity contribution in [2.45, 2.75) is 45.3 Å². The van der Waals surface area contributed by atoms with Crippen molar-refractivity contribution >= 4 is 0 Å². The number of nitrogens with one attached hydrogen (secondary N) is 1. The topological polar surface area (TPSA) is 30.5 Å². The molecule has 0 aromatic carbocycles. The average molecular weight is 215 g/mol. The van der Waals surface area contributed by atoms with E-state index in [2.05, 4.69) is 12.2 Å². The van der Waals surface area contributed by atoms with Crippen molar-refractivity contribution in [3.05, 3.63) is 0 Å². The van der Waals surface area contributed by atoms with Crippen molar-refractivity contribution in [1.82, 2.24) is 5.32 Å². The molecule has 0 radical (unpaired) electrons. The van der Waals surface area contributed by atoms with Gasteiger partial charge in [0, 0.05) is 27.3 Å². The van der Waals surface area contributed by atoms with Crippen molar-refractivity contribution in [2.24, 2.45) is 5.41 Å². The Hall–Kier alpha value is -0.120. The van der Waals surface area contributed by atoms with Crippen molar-refractivity contribution in [3.8, 4) is 0 Å². The lowest BCUT2D eigenvalue weighted by molar-refractivity contribution is -0.0996. The molecule has 3 nitrogen and oxygen atoms in total. The van der Waals surface area contributed by atoms with Gasteiger partial charge < -0.3 is 14.8 Å². The van der Waals surface area contributed by atoms with Gasteiger partial charge in [0.15, 0.2) is 6.29 Å². The maximum absolute atomic E-state index is 5.14. The first kappa shape index (κ1) is 12.9. The number of rotatable bonds is 6. The van der Waals surface area contributed by atoms with Crippen LogP contribution in [0.3, 0.4) is 0 Å². The van der Waals surface area contributed by atoms with Crippen molar-refractivity contribution < 1.29 is 9.47 Å². The third-order valence-corrected chi connectivity index (χ3v) is 3.45. The minimum Gasteiger partial charge on any atom is -0.355 e. The zero-order chi connectivity index (χ0) is 11.1. The van der Waals surface area contributed by atoms with Gasteiger partial charge in [0.25, 0.3) is 0 Å². The highest BCUT2D eigenvalue weighted by molar-refractivity contribution is 4.80. The predicted octanol–water partition coefficient (Wildman–Crippen LogP) is 2.17. The zero-order valence-electron chi connectivity index (χ0n) is 10.3. The molecule has 0 aliphatic heterocycles. The minimum atomic E-state index is -0.114. The largest absolute Gasteiger partial charge is 0.355 e. The van der Waals surface area contributed by atoms with Gasteiger partial charge in [-0.15, -0.1) is 0 Å². The van der Waals surface area contributed by atoms with Crippen molar-refractivity contribution in [2.75, 3.05) is 27.3 Å². The quantitative estimate of drug-likeness (QED) is 0.689. The summed E-state index contributed by atoms with van der Waals surface area (Å²) in [5.74, 6) is 0. The predicted molar refractivity (Wildman–Crippen MR) is 61.9 cm³/mol. The second-order valence-electron chi connectivity index (χ2n) is 4.90. The molecule has 0 spiro atoms. The summed E-state index contributed by atoms with van der Waals surface area (Å²) in [7, 11) is 3.36. The summed E-state index contributed by atoms with van der Waals surface area (Å²) in [4.78, 5) is 0. The van der Waals surface area contributed by atoms with E-state index in [9.17, 15) is 0 Å². The fourth-order valence-corrected chi connectivity index (χ4v) is 2.34. The van der Waals surface area contributed by atoms with Crippen molar-refractivity contribution in [1.29, 1.82) is 0 Å². The Kier molecular flexibility index (Phi) is 5.58. The van der Waals surface area contributed by atoms with Crippen LogP contribution in [0.1, 0.15) is 39.0 Å². The monoisotopic (exact) mass is 215 g/mol. The average Bonchev–Trinajstić information content (AvgIpc) is 2.25. The molecule has 1 fully saturated rings. The molecule has 0 bridgehead atoms. The number of hydrogen-bond donors (Lipinski definition) is 1. The Morgan fingerprint density at radius 2 is 1.73 bits per heavy atom. The smallest absolute Gasteiger partial charge is 0.169 e. The van der Waals surface area contributed by atoms with Crippen LogP contribution in [0.15, 0.2) is 0 Å². The van der Waals surface area contributed by atoms with E-state index in [1.165, 1.54) is 32.1 Å². The van der Waals surface area contributed by atoms with Gasteiger partial charge in [-0.05, 0) is 18.3 Å². The highest BCUT2D eigenvalue weighted by Crippen LogP contribution is 2.34. The Morgan fingerprint density at radius 1 is 1.13 bits per heavy atom. The molecule has 1 aliphatic rings. The van der Waals surface area contributed by atoms with Gasteiger partial charge in [0.05, 0.1) is 0 Å². The fourth-order valence-electron chi connectivity index (χ4n) is 2.34. The molecule has 1 aliphatic carbocycles. The summed E-state index contributed by atoms with van der Waals surface area (Å²) in [6.45, 7) is 4.24. The molecular formula is C12H25NO2. The molecule has 90 valence electrons. The van der Waals surface area contributed by atoms with Gasteiger partial charge in [-0.1, -0.05) is 26.2 Å². The highest BCUT2D eigenvalue weighted by Gasteiger charge is 2.26. The van der Waals surface area contributed by atoms with E-state index in [1.807, 2.05) is 0 Å². The van der Waals surface area contributed by atoms with Crippen LogP contribution in [0, 0.1) is 5.41 Å². The molecule has 0 heterocycles. The van der Waals surface area contributed by atoms with Crippen LogP contribution in [0.4, 0.5) is 0 Å². The SMILES string of the molecule is COC(CNCC1(C)CCCCC1)OC. The molecular weight excluding hydrogens is 190 g/mol. The van der Waals surface area contributed by atoms with E-state index < -0.39 is 0 Å². The lowest BCUT2D eigenvalue weighted by Crippen LogP contribution is -2.38. The first-order chi connectivity index (χ1) is 7.20. The molecule has 0 unspecified atom stereocenters. The lowest BCUT2D eigenvalue weighted by Gasteiger charge is -2.34. The van der Waals surface area contributed by atoms with Crippen LogP contribution in [-0.2, 0) is 9.47 Å². The Bertz CT molecular complexity index is 163.